The molecule has 0 amide bonds. The summed E-state index contributed by atoms with van der Waals surface area (Å²) < 4.78 is 0. The summed E-state index contributed by atoms with van der Waals surface area (Å²) in [6, 6.07) is 85.7. The van der Waals surface area contributed by atoms with Crippen molar-refractivity contribution in [3.63, 3.8) is 0 Å². The van der Waals surface area contributed by atoms with E-state index in [-0.39, 0.29) is 10.8 Å². The first-order valence-electron chi connectivity index (χ1n) is 23.3. The molecule has 0 unspecified atom stereocenters. The zero-order chi connectivity index (χ0) is 44.6. The van der Waals surface area contributed by atoms with E-state index in [2.05, 4.69) is 258 Å². The van der Waals surface area contributed by atoms with Gasteiger partial charge >= 0.3 is 0 Å². The molecule has 0 heterocycles. The fourth-order valence-corrected chi connectivity index (χ4v) is 11.1. The monoisotopic (exact) mass is 842 g/mol. The average molecular weight is 843 g/mol. The van der Waals surface area contributed by atoms with E-state index in [0.717, 1.165) is 0 Å². The Labute approximate surface area is 389 Å². The summed E-state index contributed by atoms with van der Waals surface area (Å²) in [5.41, 5.74) is 27.9. The van der Waals surface area contributed by atoms with Gasteiger partial charge in [-0.1, -0.05) is 222 Å². The van der Waals surface area contributed by atoms with E-state index in [9.17, 15) is 0 Å². The van der Waals surface area contributed by atoms with Gasteiger partial charge in [0.2, 0.25) is 0 Å². The number of hydrogen-bond acceptors (Lipinski definition) is 0. The Morgan fingerprint density at radius 2 is 0.424 bits per heavy atom. The third kappa shape index (κ3) is 6.51. The first kappa shape index (κ1) is 39.8. The Morgan fingerprint density at radius 3 is 0.742 bits per heavy atom. The van der Waals surface area contributed by atoms with Crippen LogP contribution >= 0.6 is 0 Å². The Kier molecular flexibility index (Phi) is 9.30. The van der Waals surface area contributed by atoms with Crippen LogP contribution in [0, 0.1) is 0 Å². The van der Waals surface area contributed by atoms with Gasteiger partial charge in [0.15, 0.2) is 0 Å². The Balaban J connectivity index is 0.897. The lowest BCUT2D eigenvalue weighted by atomic mass is 9.79. The summed E-state index contributed by atoms with van der Waals surface area (Å²) in [6.45, 7) is 9.62. The van der Waals surface area contributed by atoms with Gasteiger partial charge in [-0.25, -0.2) is 0 Å². The van der Waals surface area contributed by atoms with E-state index >= 15 is 0 Å². The summed E-state index contributed by atoms with van der Waals surface area (Å²) in [5.74, 6) is 0. The molecule has 0 aliphatic heterocycles. The second-order valence-corrected chi connectivity index (χ2v) is 19.3. The molecule has 0 fully saturated rings. The smallest absolute Gasteiger partial charge is 0.0159 e. The van der Waals surface area contributed by atoms with Gasteiger partial charge in [-0.2, -0.15) is 0 Å². The third-order valence-electron chi connectivity index (χ3n) is 14.7. The predicted molar refractivity (Wildman–Crippen MR) is 280 cm³/mol. The second-order valence-electron chi connectivity index (χ2n) is 19.3. The van der Waals surface area contributed by atoms with Crippen molar-refractivity contribution in [2.45, 2.75) is 38.5 Å². The number of benzene rings is 10. The number of fused-ring (bicyclic) bond motifs is 6. The molecule has 12 rings (SSSR count). The number of rotatable bonds is 7. The van der Waals surface area contributed by atoms with E-state index in [1.807, 2.05) is 0 Å². The fraction of sp³-hybridized carbons (Fsp3) is 0.0909. The lowest BCUT2D eigenvalue weighted by Gasteiger charge is -2.24. The molecule has 10 aromatic rings. The van der Waals surface area contributed by atoms with Crippen molar-refractivity contribution in [3.05, 3.63) is 253 Å². The summed E-state index contributed by atoms with van der Waals surface area (Å²) in [7, 11) is 0. The SMILES string of the molecule is CC1(C)c2cc(-c3ccc4c(c3)C(C)(C)c3cc(-c5cc(-c6ccccc6)ccc5-c5ccccc5)ccc3-4)ccc2-c2ccc(-c3cc(-c4ccccc4)ccc3-c3ccccc3)cc21. The lowest BCUT2D eigenvalue weighted by molar-refractivity contribution is 0.660. The Morgan fingerprint density at radius 1 is 0.182 bits per heavy atom. The van der Waals surface area contributed by atoms with Crippen LogP contribution in [-0.2, 0) is 10.8 Å². The van der Waals surface area contributed by atoms with Gasteiger partial charge in [0.25, 0.3) is 0 Å². The van der Waals surface area contributed by atoms with Crippen molar-refractivity contribution in [1.82, 2.24) is 0 Å². The third-order valence-corrected chi connectivity index (χ3v) is 14.7. The highest BCUT2D eigenvalue weighted by atomic mass is 14.4. The quantitative estimate of drug-likeness (QED) is 0.150. The van der Waals surface area contributed by atoms with Crippen LogP contribution in [0.1, 0.15) is 49.9 Å². The van der Waals surface area contributed by atoms with E-state index in [1.165, 1.54) is 122 Å². The van der Waals surface area contributed by atoms with Gasteiger partial charge in [-0.05, 0) is 159 Å². The Bertz CT molecular complexity index is 3250. The summed E-state index contributed by atoms with van der Waals surface area (Å²) in [4.78, 5) is 0. The maximum Gasteiger partial charge on any atom is 0.0159 e. The summed E-state index contributed by atoms with van der Waals surface area (Å²) >= 11 is 0. The van der Waals surface area contributed by atoms with Gasteiger partial charge in [0, 0.05) is 10.8 Å². The van der Waals surface area contributed by atoms with E-state index < -0.39 is 0 Å². The molecule has 0 saturated carbocycles. The van der Waals surface area contributed by atoms with Crippen molar-refractivity contribution in [3.8, 4) is 100 Å². The molecular formula is C66H50. The van der Waals surface area contributed by atoms with Gasteiger partial charge < -0.3 is 0 Å². The van der Waals surface area contributed by atoms with Crippen molar-refractivity contribution < 1.29 is 0 Å². The van der Waals surface area contributed by atoms with Crippen molar-refractivity contribution >= 4 is 0 Å². The molecule has 2 aliphatic rings. The molecule has 0 radical (unpaired) electrons. The Hall–Kier alpha value is -7.80. The van der Waals surface area contributed by atoms with Crippen LogP contribution in [0.3, 0.4) is 0 Å². The molecule has 0 nitrogen and oxygen atoms in total. The average Bonchev–Trinajstić information content (AvgIpc) is 3.74. The van der Waals surface area contributed by atoms with Gasteiger partial charge in [0.1, 0.15) is 0 Å². The summed E-state index contributed by atoms with van der Waals surface area (Å²) in [6.07, 6.45) is 0. The van der Waals surface area contributed by atoms with Crippen molar-refractivity contribution in [1.29, 1.82) is 0 Å². The number of hydrogen-bond donors (Lipinski definition) is 0. The molecule has 10 aromatic carbocycles. The van der Waals surface area contributed by atoms with E-state index in [0.29, 0.717) is 0 Å². The molecule has 0 N–H and O–H groups in total. The van der Waals surface area contributed by atoms with Crippen LogP contribution in [0.5, 0.6) is 0 Å². The van der Waals surface area contributed by atoms with Crippen LogP contribution < -0.4 is 0 Å². The highest BCUT2D eigenvalue weighted by Crippen LogP contribution is 2.54. The zero-order valence-electron chi connectivity index (χ0n) is 37.9. The molecule has 66 heavy (non-hydrogen) atoms. The topological polar surface area (TPSA) is 0 Å². The van der Waals surface area contributed by atoms with E-state index in [1.54, 1.807) is 0 Å². The normalized spacial score (nSPS) is 13.7. The molecule has 0 saturated heterocycles. The molecular weight excluding hydrogens is 793 g/mol. The highest BCUT2D eigenvalue weighted by molar-refractivity contribution is 5.93. The van der Waals surface area contributed by atoms with Crippen LogP contribution in [0.15, 0.2) is 231 Å². The molecule has 0 atom stereocenters. The maximum atomic E-state index is 2.47. The molecule has 314 valence electrons. The predicted octanol–water partition coefficient (Wildman–Crippen LogP) is 18.0. The minimum Gasteiger partial charge on any atom is -0.0622 e. The van der Waals surface area contributed by atoms with Crippen molar-refractivity contribution in [2.24, 2.45) is 0 Å². The highest BCUT2D eigenvalue weighted by Gasteiger charge is 2.38. The van der Waals surface area contributed by atoms with Crippen LogP contribution in [-0.4, -0.2) is 0 Å². The molecule has 0 bridgehead atoms. The zero-order valence-corrected chi connectivity index (χ0v) is 37.9. The molecule has 2 aliphatic carbocycles. The molecule has 0 heteroatoms. The van der Waals surface area contributed by atoms with Gasteiger partial charge in [-0.15, -0.1) is 0 Å². The lowest BCUT2D eigenvalue weighted by Crippen LogP contribution is -2.15. The minimum atomic E-state index is -0.181. The first-order valence-corrected chi connectivity index (χ1v) is 23.3. The second kappa shape index (κ2) is 15.4. The van der Waals surface area contributed by atoms with Gasteiger partial charge in [0.05, 0.1) is 0 Å². The van der Waals surface area contributed by atoms with Crippen LogP contribution in [0.2, 0.25) is 0 Å². The van der Waals surface area contributed by atoms with Crippen LogP contribution in [0.4, 0.5) is 0 Å². The standard InChI is InChI=1S/C66H50/c1-65(2)61-39-49(27-33-55(61)57-35-29-51(41-63(57)65)59-37-47(43-17-9-5-10-18-43)25-31-53(59)45-21-13-7-14-22-45)50-28-34-56-58-36-30-52(42-64(58)66(3,4)62(56)40-50)60-38-48(44-19-11-6-12-20-44)26-32-54(60)46-23-15-8-16-24-46/h5-42H,1-4H3. The maximum absolute atomic E-state index is 2.47. The fourth-order valence-electron chi connectivity index (χ4n) is 11.1. The largest absolute Gasteiger partial charge is 0.0622 e. The first-order chi connectivity index (χ1) is 32.2. The molecule has 0 aromatic heterocycles. The molecule has 0 spiro atoms. The van der Waals surface area contributed by atoms with Crippen LogP contribution in [0.25, 0.3) is 100 Å². The van der Waals surface area contributed by atoms with Gasteiger partial charge in [-0.3, -0.25) is 0 Å². The van der Waals surface area contributed by atoms with Crippen molar-refractivity contribution in [2.75, 3.05) is 0 Å². The summed E-state index contributed by atoms with van der Waals surface area (Å²) in [5, 5.41) is 0. The van der Waals surface area contributed by atoms with E-state index in [4.69, 9.17) is 0 Å². The minimum absolute atomic E-state index is 0.181.